The fourth-order valence-electron chi connectivity index (χ4n) is 2.80. The third kappa shape index (κ3) is 6.03. The molecule has 5 nitrogen and oxygen atoms in total. The van der Waals surface area contributed by atoms with Gasteiger partial charge in [-0.25, -0.2) is 4.79 Å². The molecule has 5 heteroatoms. The van der Waals surface area contributed by atoms with Crippen LogP contribution in [0.2, 0.25) is 0 Å². The molecule has 0 heterocycles. The molecule has 1 aliphatic carbocycles. The Hall–Kier alpha value is -1.59. The number of ether oxygens (including phenoxy) is 2. The minimum Gasteiger partial charge on any atom is -0.465 e. The number of rotatable bonds is 7. The van der Waals surface area contributed by atoms with Gasteiger partial charge in [0, 0.05) is 6.04 Å². The fraction of sp³-hybridized carbons (Fsp3) is 0.588. The van der Waals surface area contributed by atoms with Gasteiger partial charge in [-0.1, -0.05) is 30.3 Å². The van der Waals surface area contributed by atoms with Crippen LogP contribution in [0.5, 0.6) is 0 Å². The number of nitrogens with one attached hydrogen (secondary N) is 1. The van der Waals surface area contributed by atoms with E-state index in [1.807, 2.05) is 37.3 Å². The van der Waals surface area contributed by atoms with Gasteiger partial charge in [0.15, 0.2) is 0 Å². The van der Waals surface area contributed by atoms with Crippen LogP contribution >= 0.6 is 0 Å². The van der Waals surface area contributed by atoms with Crippen LogP contribution < -0.4 is 5.32 Å². The quantitative estimate of drug-likeness (QED) is 0.812. The van der Waals surface area contributed by atoms with Gasteiger partial charge in [-0.2, -0.15) is 0 Å². The molecule has 1 unspecified atom stereocenters. The van der Waals surface area contributed by atoms with E-state index in [0.717, 1.165) is 31.2 Å². The summed E-state index contributed by atoms with van der Waals surface area (Å²) in [6, 6.07) is 10.2. The third-order valence-electron chi connectivity index (χ3n) is 3.89. The second-order valence-electron chi connectivity index (χ2n) is 5.87. The van der Waals surface area contributed by atoms with Crippen molar-refractivity contribution in [2.45, 2.75) is 57.5 Å². The van der Waals surface area contributed by atoms with Crippen LogP contribution in [0.3, 0.4) is 0 Å². The minimum atomic E-state index is -0.938. The summed E-state index contributed by atoms with van der Waals surface area (Å²) >= 11 is 0. The molecule has 122 valence electrons. The van der Waals surface area contributed by atoms with Gasteiger partial charge >= 0.3 is 6.09 Å². The Balaban J connectivity index is 1.59. The fourth-order valence-corrected chi connectivity index (χ4v) is 2.80. The zero-order valence-corrected chi connectivity index (χ0v) is 13.0. The molecule has 2 N–H and O–H groups in total. The van der Waals surface area contributed by atoms with Gasteiger partial charge in [0.1, 0.15) is 0 Å². The molecule has 1 saturated carbocycles. The number of benzene rings is 1. The summed E-state index contributed by atoms with van der Waals surface area (Å²) in [5, 5.41) is 11.3. The first-order valence-corrected chi connectivity index (χ1v) is 7.90. The van der Waals surface area contributed by atoms with Crippen LogP contribution in [0.25, 0.3) is 0 Å². The lowest BCUT2D eigenvalue weighted by Crippen LogP contribution is -2.39. The highest BCUT2D eigenvalue weighted by Crippen LogP contribution is 2.22. The van der Waals surface area contributed by atoms with Crippen LogP contribution in [-0.4, -0.2) is 36.1 Å². The van der Waals surface area contributed by atoms with Crippen molar-refractivity contribution in [1.82, 2.24) is 5.32 Å². The second-order valence-corrected chi connectivity index (χ2v) is 5.87. The van der Waals surface area contributed by atoms with Crippen molar-refractivity contribution in [3.05, 3.63) is 35.9 Å². The summed E-state index contributed by atoms with van der Waals surface area (Å²) in [5.41, 5.74) is 1.16. The average molecular weight is 307 g/mol. The normalized spacial score (nSPS) is 23.0. The molecule has 0 bridgehead atoms. The van der Waals surface area contributed by atoms with E-state index in [1.54, 1.807) is 0 Å². The van der Waals surface area contributed by atoms with E-state index in [-0.39, 0.29) is 18.2 Å². The predicted octanol–water partition coefficient (Wildman–Crippen LogP) is 3.19. The van der Waals surface area contributed by atoms with Gasteiger partial charge in [-0.05, 0) is 38.2 Å². The summed E-state index contributed by atoms with van der Waals surface area (Å²) in [5.74, 6) is 0. The first kappa shape index (κ1) is 16.8. The van der Waals surface area contributed by atoms with Crippen molar-refractivity contribution >= 4 is 6.09 Å². The number of hydrogen-bond donors (Lipinski definition) is 2. The van der Waals surface area contributed by atoms with Crippen LogP contribution in [0.1, 0.15) is 38.2 Å². The molecule has 1 aromatic carbocycles. The molecule has 0 aliphatic heterocycles. The van der Waals surface area contributed by atoms with E-state index in [9.17, 15) is 4.79 Å². The Kier molecular flexibility index (Phi) is 6.68. The van der Waals surface area contributed by atoms with Crippen molar-refractivity contribution in [2.24, 2.45) is 0 Å². The van der Waals surface area contributed by atoms with Crippen LogP contribution in [-0.2, 0) is 16.1 Å². The van der Waals surface area contributed by atoms with Crippen LogP contribution in [0.4, 0.5) is 4.79 Å². The lowest BCUT2D eigenvalue weighted by molar-refractivity contribution is -0.0650. The van der Waals surface area contributed by atoms with Gasteiger partial charge < -0.3 is 19.9 Å². The van der Waals surface area contributed by atoms with Crippen molar-refractivity contribution < 1.29 is 19.4 Å². The average Bonchev–Trinajstić information content (AvgIpc) is 2.50. The van der Waals surface area contributed by atoms with Gasteiger partial charge in [0.05, 0.1) is 25.4 Å². The molecule has 0 spiro atoms. The van der Waals surface area contributed by atoms with E-state index in [0.29, 0.717) is 13.2 Å². The third-order valence-corrected chi connectivity index (χ3v) is 3.89. The highest BCUT2D eigenvalue weighted by atomic mass is 16.5. The molecule has 1 aliphatic rings. The van der Waals surface area contributed by atoms with E-state index in [4.69, 9.17) is 14.6 Å². The highest BCUT2D eigenvalue weighted by Gasteiger charge is 2.24. The smallest absolute Gasteiger partial charge is 0.404 e. The summed E-state index contributed by atoms with van der Waals surface area (Å²) in [6.07, 6.45) is 2.80. The van der Waals surface area contributed by atoms with E-state index >= 15 is 0 Å². The Morgan fingerprint density at radius 2 is 1.95 bits per heavy atom. The highest BCUT2D eigenvalue weighted by molar-refractivity contribution is 5.64. The van der Waals surface area contributed by atoms with Gasteiger partial charge in [0.2, 0.25) is 0 Å². The molecule has 0 radical (unpaired) electrons. The standard InChI is InChI=1S/C17H25NO4/c1-13(11-21-12-14-5-3-2-4-6-14)22-16-9-7-15(8-10-16)18-17(19)20/h2-6,13,15-16,18H,7-12H2,1H3,(H,19,20)/t13?,15-,16-. The minimum absolute atomic E-state index is 0.0534. The van der Waals surface area contributed by atoms with Gasteiger partial charge in [-0.15, -0.1) is 0 Å². The monoisotopic (exact) mass is 307 g/mol. The molecule has 1 amide bonds. The predicted molar refractivity (Wildman–Crippen MR) is 83.8 cm³/mol. The molecule has 0 saturated heterocycles. The summed E-state index contributed by atoms with van der Waals surface area (Å²) in [4.78, 5) is 10.6. The maximum atomic E-state index is 10.6. The van der Waals surface area contributed by atoms with E-state index in [2.05, 4.69) is 5.32 Å². The maximum Gasteiger partial charge on any atom is 0.404 e. The zero-order valence-electron chi connectivity index (χ0n) is 13.0. The Labute approximate surface area is 131 Å². The summed E-state index contributed by atoms with van der Waals surface area (Å²) in [6.45, 7) is 3.19. The molecule has 22 heavy (non-hydrogen) atoms. The van der Waals surface area contributed by atoms with Crippen molar-refractivity contribution in [3.8, 4) is 0 Å². The Morgan fingerprint density at radius 1 is 1.27 bits per heavy atom. The van der Waals surface area contributed by atoms with Gasteiger partial charge in [-0.3, -0.25) is 0 Å². The number of carbonyl (C=O) groups is 1. The molecular weight excluding hydrogens is 282 g/mol. The molecule has 1 aromatic rings. The largest absolute Gasteiger partial charge is 0.465 e. The molecular formula is C17H25NO4. The van der Waals surface area contributed by atoms with E-state index < -0.39 is 6.09 Å². The SMILES string of the molecule is CC(COCc1ccccc1)O[C@H]1CC[C@H](NC(=O)O)CC1. The van der Waals surface area contributed by atoms with Crippen LogP contribution in [0.15, 0.2) is 30.3 Å². The van der Waals surface area contributed by atoms with Crippen molar-refractivity contribution in [1.29, 1.82) is 0 Å². The first-order chi connectivity index (χ1) is 10.6. The van der Waals surface area contributed by atoms with Gasteiger partial charge in [0.25, 0.3) is 0 Å². The molecule has 1 fully saturated rings. The zero-order chi connectivity index (χ0) is 15.8. The van der Waals surface area contributed by atoms with Crippen LogP contribution in [0, 0.1) is 0 Å². The maximum absolute atomic E-state index is 10.6. The summed E-state index contributed by atoms with van der Waals surface area (Å²) in [7, 11) is 0. The Morgan fingerprint density at radius 3 is 2.59 bits per heavy atom. The molecule has 1 atom stereocenters. The lowest BCUT2D eigenvalue weighted by atomic mass is 9.93. The topological polar surface area (TPSA) is 67.8 Å². The van der Waals surface area contributed by atoms with E-state index in [1.165, 1.54) is 0 Å². The van der Waals surface area contributed by atoms with Crippen molar-refractivity contribution in [3.63, 3.8) is 0 Å². The molecule has 0 aromatic heterocycles. The first-order valence-electron chi connectivity index (χ1n) is 7.90. The number of carboxylic acid groups (broad SMARTS) is 1. The summed E-state index contributed by atoms with van der Waals surface area (Å²) < 4.78 is 11.7. The molecule has 2 rings (SSSR count). The number of hydrogen-bond acceptors (Lipinski definition) is 3. The second kappa shape index (κ2) is 8.76. The Bertz CT molecular complexity index is 443. The number of amides is 1. The van der Waals surface area contributed by atoms with Crippen molar-refractivity contribution in [2.75, 3.05) is 6.61 Å². The lowest BCUT2D eigenvalue weighted by Gasteiger charge is -2.30.